The van der Waals surface area contributed by atoms with Crippen molar-refractivity contribution < 1.29 is 26.7 Å². The van der Waals surface area contributed by atoms with Gasteiger partial charge in [0.15, 0.2) is 0 Å². The highest BCUT2D eigenvalue weighted by molar-refractivity contribution is 7.89. The molecule has 0 aliphatic heterocycles. The largest absolute Gasteiger partial charge is 0.416 e. The average molecular weight is 337 g/mol. The standard InChI is InChI=1S/C14H18F3NO3S/c15-14(16,17)11-4-6-13(7-5-11)22(20,21)18-9-10-2-1-3-12(19)8-10/h4-7,10,12,18-19H,1-3,8-9H2. The van der Waals surface area contributed by atoms with Gasteiger partial charge in [-0.05, 0) is 49.4 Å². The van der Waals surface area contributed by atoms with Crippen molar-refractivity contribution in [3.8, 4) is 0 Å². The maximum absolute atomic E-state index is 12.5. The van der Waals surface area contributed by atoms with Gasteiger partial charge >= 0.3 is 6.18 Å². The molecule has 8 heteroatoms. The van der Waals surface area contributed by atoms with Crippen LogP contribution in [0.1, 0.15) is 31.2 Å². The van der Waals surface area contributed by atoms with Gasteiger partial charge in [0.2, 0.25) is 10.0 Å². The van der Waals surface area contributed by atoms with E-state index in [0.717, 1.165) is 43.5 Å². The Morgan fingerprint density at radius 3 is 2.36 bits per heavy atom. The molecule has 22 heavy (non-hydrogen) atoms. The highest BCUT2D eigenvalue weighted by Gasteiger charge is 2.30. The number of sulfonamides is 1. The molecule has 0 radical (unpaired) electrons. The van der Waals surface area contributed by atoms with Crippen LogP contribution in [0, 0.1) is 5.92 Å². The van der Waals surface area contributed by atoms with E-state index in [4.69, 9.17) is 0 Å². The molecule has 124 valence electrons. The molecule has 2 N–H and O–H groups in total. The molecule has 1 aromatic carbocycles. The van der Waals surface area contributed by atoms with Crippen molar-refractivity contribution >= 4 is 10.0 Å². The lowest BCUT2D eigenvalue weighted by molar-refractivity contribution is -0.137. The van der Waals surface area contributed by atoms with E-state index in [-0.39, 0.29) is 17.4 Å². The predicted octanol–water partition coefficient (Wildman–Crippen LogP) is 2.53. The Bertz CT molecular complexity index is 599. The Balaban J connectivity index is 2.01. The summed E-state index contributed by atoms with van der Waals surface area (Å²) in [5, 5.41) is 9.55. The lowest BCUT2D eigenvalue weighted by Gasteiger charge is -2.25. The molecule has 0 amide bonds. The molecule has 1 aliphatic carbocycles. The summed E-state index contributed by atoms with van der Waals surface area (Å²) in [5.74, 6) is 0.0490. The van der Waals surface area contributed by atoms with Crippen LogP contribution >= 0.6 is 0 Å². The van der Waals surface area contributed by atoms with E-state index in [2.05, 4.69) is 4.72 Å². The third-order valence-corrected chi connectivity index (χ3v) is 5.25. The van der Waals surface area contributed by atoms with Crippen LogP contribution in [0.2, 0.25) is 0 Å². The first-order valence-corrected chi connectivity index (χ1v) is 8.52. The Labute approximate surface area is 127 Å². The summed E-state index contributed by atoms with van der Waals surface area (Å²) in [6.07, 6.45) is -1.97. The van der Waals surface area contributed by atoms with Gasteiger partial charge in [-0.25, -0.2) is 13.1 Å². The van der Waals surface area contributed by atoms with Crippen LogP contribution in [0.15, 0.2) is 29.2 Å². The highest BCUT2D eigenvalue weighted by atomic mass is 32.2. The fourth-order valence-corrected chi connectivity index (χ4v) is 3.70. The summed E-state index contributed by atoms with van der Waals surface area (Å²) < 4.78 is 63.9. The van der Waals surface area contributed by atoms with Crippen LogP contribution in [0.5, 0.6) is 0 Å². The maximum atomic E-state index is 12.5. The number of hydrogen-bond donors (Lipinski definition) is 2. The normalized spacial score (nSPS) is 23.5. The monoisotopic (exact) mass is 337 g/mol. The first kappa shape index (κ1) is 17.2. The van der Waals surface area contributed by atoms with Crippen LogP contribution in [0.25, 0.3) is 0 Å². The molecular formula is C14H18F3NO3S. The number of nitrogens with one attached hydrogen (secondary N) is 1. The summed E-state index contributed by atoms with van der Waals surface area (Å²) in [6.45, 7) is 0.181. The van der Waals surface area contributed by atoms with E-state index in [0.29, 0.717) is 6.42 Å². The van der Waals surface area contributed by atoms with Crippen molar-refractivity contribution in [3.63, 3.8) is 0 Å². The minimum absolute atomic E-state index is 0.0490. The predicted molar refractivity (Wildman–Crippen MR) is 74.6 cm³/mol. The van der Waals surface area contributed by atoms with Crippen LogP contribution in [-0.2, 0) is 16.2 Å². The molecule has 0 spiro atoms. The lowest BCUT2D eigenvalue weighted by atomic mass is 9.87. The molecule has 4 nitrogen and oxygen atoms in total. The summed E-state index contributed by atoms with van der Waals surface area (Å²) >= 11 is 0. The van der Waals surface area contributed by atoms with Crippen LogP contribution in [-0.4, -0.2) is 26.2 Å². The molecular weight excluding hydrogens is 319 g/mol. The zero-order valence-corrected chi connectivity index (χ0v) is 12.6. The third-order valence-electron chi connectivity index (χ3n) is 3.81. The lowest BCUT2D eigenvalue weighted by Crippen LogP contribution is -2.33. The van der Waals surface area contributed by atoms with Gasteiger partial charge in [-0.15, -0.1) is 0 Å². The molecule has 2 rings (SSSR count). The van der Waals surface area contributed by atoms with E-state index in [1.54, 1.807) is 0 Å². The molecule has 2 atom stereocenters. The topological polar surface area (TPSA) is 66.4 Å². The number of benzene rings is 1. The van der Waals surface area contributed by atoms with Crippen molar-refractivity contribution in [2.75, 3.05) is 6.54 Å². The Morgan fingerprint density at radius 1 is 1.18 bits per heavy atom. The minimum Gasteiger partial charge on any atom is -0.393 e. The number of aliphatic hydroxyl groups excluding tert-OH is 1. The van der Waals surface area contributed by atoms with Gasteiger partial charge in [0, 0.05) is 6.54 Å². The van der Waals surface area contributed by atoms with Crippen LogP contribution < -0.4 is 4.72 Å². The van der Waals surface area contributed by atoms with Gasteiger partial charge in [0.05, 0.1) is 16.6 Å². The SMILES string of the molecule is O=S(=O)(NCC1CCCC(O)C1)c1ccc(C(F)(F)F)cc1. The number of hydrogen-bond acceptors (Lipinski definition) is 3. The molecule has 1 aliphatic rings. The smallest absolute Gasteiger partial charge is 0.393 e. The van der Waals surface area contributed by atoms with Crippen molar-refractivity contribution in [3.05, 3.63) is 29.8 Å². The molecule has 0 aromatic heterocycles. The van der Waals surface area contributed by atoms with Gasteiger partial charge in [0.25, 0.3) is 0 Å². The van der Waals surface area contributed by atoms with E-state index in [1.165, 1.54) is 0 Å². The fraction of sp³-hybridized carbons (Fsp3) is 0.571. The van der Waals surface area contributed by atoms with Gasteiger partial charge in [-0.2, -0.15) is 13.2 Å². The average Bonchev–Trinajstić information content (AvgIpc) is 2.45. The van der Waals surface area contributed by atoms with Gasteiger partial charge in [-0.3, -0.25) is 0 Å². The quantitative estimate of drug-likeness (QED) is 0.887. The zero-order chi connectivity index (χ0) is 16.4. The summed E-state index contributed by atoms with van der Waals surface area (Å²) in [5.41, 5.74) is -0.887. The number of aliphatic hydroxyl groups is 1. The van der Waals surface area contributed by atoms with Crippen molar-refractivity contribution in [1.82, 2.24) is 4.72 Å². The van der Waals surface area contributed by atoms with Gasteiger partial charge in [0.1, 0.15) is 0 Å². The molecule has 0 bridgehead atoms. The summed E-state index contributed by atoms with van der Waals surface area (Å²) in [4.78, 5) is -0.197. The molecule has 0 saturated heterocycles. The van der Waals surface area contributed by atoms with E-state index >= 15 is 0 Å². The Hall–Kier alpha value is -1.12. The number of rotatable bonds is 4. The summed E-state index contributed by atoms with van der Waals surface area (Å²) in [7, 11) is -3.84. The first-order valence-electron chi connectivity index (χ1n) is 7.03. The molecule has 2 unspecified atom stereocenters. The van der Waals surface area contributed by atoms with Crippen LogP contribution in [0.4, 0.5) is 13.2 Å². The Kier molecular flexibility index (Phi) is 5.14. The van der Waals surface area contributed by atoms with Gasteiger partial charge < -0.3 is 5.11 Å². The second kappa shape index (κ2) is 6.55. The summed E-state index contributed by atoms with van der Waals surface area (Å²) in [6, 6.07) is 3.39. The zero-order valence-electron chi connectivity index (χ0n) is 11.8. The number of alkyl halides is 3. The third kappa shape index (κ3) is 4.44. The highest BCUT2D eigenvalue weighted by Crippen LogP contribution is 2.30. The van der Waals surface area contributed by atoms with E-state index in [1.807, 2.05) is 0 Å². The second-order valence-corrected chi connectivity index (χ2v) is 7.33. The van der Waals surface area contributed by atoms with E-state index in [9.17, 15) is 26.7 Å². The molecule has 1 saturated carbocycles. The first-order chi connectivity index (χ1) is 10.2. The van der Waals surface area contributed by atoms with Crippen molar-refractivity contribution in [2.24, 2.45) is 5.92 Å². The van der Waals surface area contributed by atoms with E-state index < -0.39 is 27.9 Å². The Morgan fingerprint density at radius 2 is 1.82 bits per heavy atom. The molecule has 1 fully saturated rings. The molecule has 1 aromatic rings. The fourth-order valence-electron chi connectivity index (χ4n) is 2.58. The second-order valence-electron chi connectivity index (χ2n) is 5.56. The van der Waals surface area contributed by atoms with Crippen molar-refractivity contribution in [1.29, 1.82) is 0 Å². The molecule has 0 heterocycles. The van der Waals surface area contributed by atoms with Crippen LogP contribution in [0.3, 0.4) is 0 Å². The maximum Gasteiger partial charge on any atom is 0.416 e. The van der Waals surface area contributed by atoms with Crippen molar-refractivity contribution in [2.45, 2.75) is 42.9 Å². The number of halogens is 3. The minimum atomic E-state index is -4.49. The van der Waals surface area contributed by atoms with Gasteiger partial charge in [-0.1, -0.05) is 6.42 Å².